The first-order valence-corrected chi connectivity index (χ1v) is 7.27. The van der Waals surface area contributed by atoms with Crippen LogP contribution in [0.1, 0.15) is 6.42 Å². The van der Waals surface area contributed by atoms with Crippen molar-refractivity contribution in [3.63, 3.8) is 0 Å². The largest absolute Gasteiger partial charge is 0.362 e. The molecule has 0 heterocycles. The van der Waals surface area contributed by atoms with Crippen molar-refractivity contribution >= 4 is 77.7 Å². The SMILES string of the molecule is ClC1(Cl)CC1COC(I)C(Br)=CBr. The Morgan fingerprint density at radius 3 is 2.69 bits per heavy atom. The molecule has 0 aliphatic heterocycles. The monoisotopic (exact) mass is 462 g/mol. The molecule has 6 heteroatoms. The van der Waals surface area contributed by atoms with Gasteiger partial charge in [-0.3, -0.25) is 0 Å². The lowest BCUT2D eigenvalue weighted by Gasteiger charge is -2.10. The first-order chi connectivity index (χ1) is 5.97. The van der Waals surface area contributed by atoms with E-state index in [9.17, 15) is 0 Å². The van der Waals surface area contributed by atoms with Crippen molar-refractivity contribution in [3.8, 4) is 0 Å². The summed E-state index contributed by atoms with van der Waals surface area (Å²) in [6.07, 6.45) is 0.828. The molecule has 1 aliphatic carbocycles. The van der Waals surface area contributed by atoms with Gasteiger partial charge in [0.1, 0.15) is 8.44 Å². The maximum atomic E-state index is 5.85. The number of halogens is 5. The summed E-state index contributed by atoms with van der Waals surface area (Å²) in [5, 5.41) is 0. The Balaban J connectivity index is 2.21. The molecule has 0 aromatic carbocycles. The maximum Gasteiger partial charge on any atom is 0.140 e. The molecule has 76 valence electrons. The van der Waals surface area contributed by atoms with Crippen LogP contribution in [0.15, 0.2) is 9.47 Å². The highest BCUT2D eigenvalue weighted by Gasteiger charge is 2.51. The first kappa shape index (κ1) is 13.0. The summed E-state index contributed by atoms with van der Waals surface area (Å²) in [4.78, 5) is 1.78. The number of ether oxygens (including phenoxy) is 1. The summed E-state index contributed by atoms with van der Waals surface area (Å²) >= 11 is 20.5. The van der Waals surface area contributed by atoms with Crippen LogP contribution in [0.2, 0.25) is 0 Å². The third kappa shape index (κ3) is 4.15. The highest BCUT2D eigenvalue weighted by molar-refractivity contribution is 14.1. The summed E-state index contributed by atoms with van der Waals surface area (Å²) in [5.74, 6) is 0.281. The molecule has 0 saturated heterocycles. The standard InChI is InChI=1S/C7H7Br2Cl2IO/c8-2-5(9)6(12)13-3-4-1-7(4,10)11/h2,4,6H,1,3H2. The molecule has 0 N–H and O–H groups in total. The molecule has 2 atom stereocenters. The van der Waals surface area contributed by atoms with Gasteiger partial charge in [0.05, 0.1) is 6.61 Å². The van der Waals surface area contributed by atoms with Crippen LogP contribution in [-0.2, 0) is 4.74 Å². The van der Waals surface area contributed by atoms with E-state index in [4.69, 9.17) is 27.9 Å². The summed E-state index contributed by atoms with van der Waals surface area (Å²) in [5.41, 5.74) is 0. The van der Waals surface area contributed by atoms with Gasteiger partial charge in [0.15, 0.2) is 0 Å². The molecular weight excluding hydrogens is 458 g/mol. The maximum absolute atomic E-state index is 5.85. The third-order valence-electron chi connectivity index (χ3n) is 1.72. The van der Waals surface area contributed by atoms with Gasteiger partial charge in [-0.05, 0) is 34.0 Å². The molecule has 0 spiro atoms. The quantitative estimate of drug-likeness (QED) is 0.437. The minimum Gasteiger partial charge on any atom is -0.362 e. The van der Waals surface area contributed by atoms with E-state index in [1.807, 2.05) is 0 Å². The van der Waals surface area contributed by atoms with E-state index in [2.05, 4.69) is 54.5 Å². The minimum atomic E-state index is -0.541. The fourth-order valence-electron chi connectivity index (χ4n) is 0.780. The molecule has 0 bridgehead atoms. The molecule has 0 amide bonds. The summed E-state index contributed by atoms with van der Waals surface area (Å²) < 4.78 is 5.96. The van der Waals surface area contributed by atoms with Crippen molar-refractivity contribution in [2.45, 2.75) is 14.9 Å². The minimum absolute atomic E-state index is 0.0155. The van der Waals surface area contributed by atoms with Crippen LogP contribution >= 0.6 is 77.7 Å². The number of rotatable bonds is 4. The van der Waals surface area contributed by atoms with Gasteiger partial charge in [0.25, 0.3) is 0 Å². The van der Waals surface area contributed by atoms with E-state index in [-0.39, 0.29) is 10.0 Å². The second-order valence-electron chi connectivity index (χ2n) is 2.81. The van der Waals surface area contributed by atoms with Gasteiger partial charge >= 0.3 is 0 Å². The lowest BCUT2D eigenvalue weighted by atomic mass is 10.5. The summed E-state index contributed by atoms with van der Waals surface area (Å²) in [6, 6.07) is 0. The Bertz CT molecular complexity index is 223. The Hall–Kier alpha value is 1.97. The molecule has 1 fully saturated rings. The lowest BCUT2D eigenvalue weighted by Crippen LogP contribution is -2.09. The highest BCUT2D eigenvalue weighted by Crippen LogP contribution is 2.53. The number of hydrogen-bond donors (Lipinski definition) is 0. The van der Waals surface area contributed by atoms with Crippen molar-refractivity contribution < 1.29 is 4.74 Å². The second kappa shape index (κ2) is 5.34. The zero-order valence-electron chi connectivity index (χ0n) is 6.44. The van der Waals surface area contributed by atoms with Crippen molar-refractivity contribution in [1.82, 2.24) is 0 Å². The topological polar surface area (TPSA) is 9.23 Å². The van der Waals surface area contributed by atoms with Gasteiger partial charge in [-0.15, -0.1) is 23.2 Å². The molecule has 1 rings (SSSR count). The van der Waals surface area contributed by atoms with E-state index in [1.54, 1.807) is 4.99 Å². The zero-order valence-corrected chi connectivity index (χ0v) is 13.3. The van der Waals surface area contributed by atoms with Crippen molar-refractivity contribution in [1.29, 1.82) is 0 Å². The van der Waals surface area contributed by atoms with Gasteiger partial charge in [-0.2, -0.15) is 0 Å². The molecule has 1 aliphatic rings. The molecule has 0 radical (unpaired) electrons. The van der Waals surface area contributed by atoms with Crippen LogP contribution in [0.25, 0.3) is 0 Å². The van der Waals surface area contributed by atoms with Crippen LogP contribution < -0.4 is 0 Å². The Morgan fingerprint density at radius 1 is 1.77 bits per heavy atom. The molecule has 0 aromatic heterocycles. The van der Waals surface area contributed by atoms with Crippen molar-refractivity contribution in [2.24, 2.45) is 5.92 Å². The van der Waals surface area contributed by atoms with Gasteiger partial charge in [-0.1, -0.05) is 31.9 Å². The molecule has 1 saturated carbocycles. The van der Waals surface area contributed by atoms with Crippen LogP contribution in [0.3, 0.4) is 0 Å². The Kier molecular flexibility index (Phi) is 5.36. The third-order valence-corrected chi connectivity index (χ3v) is 6.29. The zero-order chi connectivity index (χ0) is 10.1. The fourth-order valence-corrected chi connectivity index (χ4v) is 2.53. The van der Waals surface area contributed by atoms with E-state index >= 15 is 0 Å². The fraction of sp³-hybridized carbons (Fsp3) is 0.714. The van der Waals surface area contributed by atoms with E-state index < -0.39 is 4.33 Å². The second-order valence-corrected chi connectivity index (χ2v) is 6.85. The van der Waals surface area contributed by atoms with Gasteiger partial charge in [-0.25, -0.2) is 0 Å². The lowest BCUT2D eigenvalue weighted by molar-refractivity contribution is 0.137. The van der Waals surface area contributed by atoms with Gasteiger partial charge < -0.3 is 4.74 Å². The molecular formula is C7H7Br2Cl2IO. The van der Waals surface area contributed by atoms with Crippen LogP contribution in [-0.4, -0.2) is 15.1 Å². The normalized spacial score (nSPS) is 28.7. The summed E-state index contributed by atoms with van der Waals surface area (Å²) in [7, 11) is 0. The highest BCUT2D eigenvalue weighted by atomic mass is 127. The Labute approximate surface area is 118 Å². The van der Waals surface area contributed by atoms with Gasteiger partial charge in [0.2, 0.25) is 0 Å². The molecule has 2 unspecified atom stereocenters. The smallest absolute Gasteiger partial charge is 0.140 e. The number of alkyl halides is 3. The van der Waals surface area contributed by atoms with E-state index in [0.717, 1.165) is 10.9 Å². The first-order valence-electron chi connectivity index (χ1n) is 3.56. The molecule has 13 heavy (non-hydrogen) atoms. The van der Waals surface area contributed by atoms with Crippen molar-refractivity contribution in [3.05, 3.63) is 9.47 Å². The van der Waals surface area contributed by atoms with E-state index in [1.165, 1.54) is 0 Å². The average Bonchev–Trinajstić information content (AvgIpc) is 2.68. The average molecular weight is 465 g/mol. The predicted octanol–water partition coefficient (Wildman–Crippen LogP) is 4.59. The van der Waals surface area contributed by atoms with Crippen molar-refractivity contribution in [2.75, 3.05) is 6.61 Å². The van der Waals surface area contributed by atoms with Crippen LogP contribution in [0.5, 0.6) is 0 Å². The molecule has 0 aromatic rings. The molecule has 1 nitrogen and oxygen atoms in total. The summed E-state index contributed by atoms with van der Waals surface area (Å²) in [6.45, 7) is 0.608. The Morgan fingerprint density at radius 2 is 2.31 bits per heavy atom. The number of hydrogen-bond acceptors (Lipinski definition) is 1. The van der Waals surface area contributed by atoms with Crippen LogP contribution in [0.4, 0.5) is 0 Å². The van der Waals surface area contributed by atoms with E-state index in [0.29, 0.717) is 6.61 Å². The van der Waals surface area contributed by atoms with Gasteiger partial charge in [0, 0.05) is 10.4 Å². The predicted molar refractivity (Wildman–Crippen MR) is 72.2 cm³/mol. The van der Waals surface area contributed by atoms with Crippen LogP contribution in [0, 0.1) is 5.92 Å².